The number of aliphatic hydroxyl groups is 1. The van der Waals surface area contributed by atoms with Gasteiger partial charge in [-0.25, -0.2) is 0 Å². The molecule has 5 heteroatoms. The molecule has 19 heavy (non-hydrogen) atoms. The van der Waals surface area contributed by atoms with Gasteiger partial charge in [-0.1, -0.05) is 0 Å². The zero-order valence-corrected chi connectivity index (χ0v) is 11.3. The van der Waals surface area contributed by atoms with E-state index in [1.807, 2.05) is 13.8 Å². The van der Waals surface area contributed by atoms with Crippen LogP contribution < -0.4 is 5.32 Å². The van der Waals surface area contributed by atoms with Crippen LogP contribution in [-0.4, -0.2) is 29.8 Å². The van der Waals surface area contributed by atoms with Crippen molar-refractivity contribution < 1.29 is 19.1 Å². The van der Waals surface area contributed by atoms with E-state index >= 15 is 0 Å². The number of ether oxygens (including phenoxy) is 1. The Balaban J connectivity index is 1.81. The van der Waals surface area contributed by atoms with Gasteiger partial charge < -0.3 is 19.6 Å². The first-order valence-electron chi connectivity index (χ1n) is 6.71. The second kappa shape index (κ2) is 6.21. The minimum absolute atomic E-state index is 0.0207. The lowest BCUT2D eigenvalue weighted by atomic mass is 9.92. The maximum atomic E-state index is 12.1. The molecule has 0 radical (unpaired) electrons. The van der Waals surface area contributed by atoms with Crippen LogP contribution in [0.25, 0.3) is 0 Å². The van der Waals surface area contributed by atoms with Gasteiger partial charge in [0.05, 0.1) is 25.0 Å². The van der Waals surface area contributed by atoms with Gasteiger partial charge in [0, 0.05) is 5.92 Å². The number of rotatable bonds is 4. The molecule has 106 valence electrons. The van der Waals surface area contributed by atoms with Crippen molar-refractivity contribution in [3.8, 4) is 0 Å². The molecule has 1 aliphatic heterocycles. The second-order valence-electron chi connectivity index (χ2n) is 5.20. The van der Waals surface area contributed by atoms with Gasteiger partial charge in [0.2, 0.25) is 5.91 Å². The number of hydrogen-bond donors (Lipinski definition) is 2. The third-order valence-corrected chi connectivity index (χ3v) is 3.41. The van der Waals surface area contributed by atoms with E-state index in [2.05, 4.69) is 5.32 Å². The van der Waals surface area contributed by atoms with Crippen molar-refractivity contribution in [2.45, 2.75) is 45.0 Å². The molecule has 0 spiro atoms. The molecule has 0 aliphatic carbocycles. The summed E-state index contributed by atoms with van der Waals surface area (Å²) < 4.78 is 10.7. The molecule has 0 bridgehead atoms. The highest BCUT2D eigenvalue weighted by atomic mass is 16.5. The number of aliphatic hydroxyl groups excluding tert-OH is 1. The average molecular weight is 267 g/mol. The summed E-state index contributed by atoms with van der Waals surface area (Å²) >= 11 is 0. The Bertz CT molecular complexity index is 394. The number of carbonyl (C=O) groups excluding carboxylic acids is 1. The molecule has 0 saturated carbocycles. The summed E-state index contributed by atoms with van der Waals surface area (Å²) in [6, 6.07) is 3.40. The topological polar surface area (TPSA) is 71.7 Å². The summed E-state index contributed by atoms with van der Waals surface area (Å²) in [6.07, 6.45) is 2.38. The summed E-state index contributed by atoms with van der Waals surface area (Å²) in [6.45, 7) is 4.13. The zero-order chi connectivity index (χ0) is 13.8. The minimum Gasteiger partial charge on any atom is -0.467 e. The van der Waals surface area contributed by atoms with E-state index in [-0.39, 0.29) is 30.6 Å². The van der Waals surface area contributed by atoms with Crippen LogP contribution in [-0.2, 0) is 9.53 Å². The SMILES string of the molecule is CC1CC(C(=O)NCC(O)c2ccco2)CC(C)O1. The molecule has 2 rings (SSSR count). The monoisotopic (exact) mass is 267 g/mol. The lowest BCUT2D eigenvalue weighted by Gasteiger charge is -2.31. The third-order valence-electron chi connectivity index (χ3n) is 3.41. The van der Waals surface area contributed by atoms with Gasteiger partial charge in [0.1, 0.15) is 11.9 Å². The van der Waals surface area contributed by atoms with Crippen molar-refractivity contribution in [2.75, 3.05) is 6.54 Å². The molecule has 1 aromatic rings. The van der Waals surface area contributed by atoms with E-state index in [9.17, 15) is 9.90 Å². The number of carbonyl (C=O) groups is 1. The first kappa shape index (κ1) is 14.1. The molecule has 2 heterocycles. The lowest BCUT2D eigenvalue weighted by molar-refractivity contribution is -0.133. The lowest BCUT2D eigenvalue weighted by Crippen LogP contribution is -2.40. The molecule has 2 N–H and O–H groups in total. The van der Waals surface area contributed by atoms with E-state index in [0.717, 1.165) is 12.8 Å². The Morgan fingerprint density at radius 1 is 1.47 bits per heavy atom. The first-order chi connectivity index (χ1) is 9.06. The fourth-order valence-corrected chi connectivity index (χ4v) is 2.54. The van der Waals surface area contributed by atoms with Crippen molar-refractivity contribution in [1.82, 2.24) is 5.32 Å². The van der Waals surface area contributed by atoms with Crippen LogP contribution in [0, 0.1) is 5.92 Å². The normalized spacial score (nSPS) is 28.9. The standard InChI is InChI=1S/C14H21NO4/c1-9-6-11(7-10(2)19-9)14(17)15-8-12(16)13-4-3-5-18-13/h3-5,9-12,16H,6-8H2,1-2H3,(H,15,17). The van der Waals surface area contributed by atoms with E-state index in [0.29, 0.717) is 5.76 Å². The number of nitrogens with one attached hydrogen (secondary N) is 1. The van der Waals surface area contributed by atoms with Crippen LogP contribution in [0.15, 0.2) is 22.8 Å². The summed E-state index contributed by atoms with van der Waals surface area (Å²) in [4.78, 5) is 12.1. The Labute approximate surface area is 112 Å². The Hall–Kier alpha value is -1.33. The number of furan rings is 1. The molecule has 3 unspecified atom stereocenters. The maximum absolute atomic E-state index is 12.1. The molecule has 0 aromatic carbocycles. The van der Waals surface area contributed by atoms with Crippen molar-refractivity contribution in [2.24, 2.45) is 5.92 Å². The van der Waals surface area contributed by atoms with Crippen LogP contribution in [0.4, 0.5) is 0 Å². The third kappa shape index (κ3) is 3.81. The average Bonchev–Trinajstić information content (AvgIpc) is 2.88. The Kier molecular flexibility index (Phi) is 4.61. The molecule has 1 amide bonds. The molecule has 1 saturated heterocycles. The molecular formula is C14H21NO4. The predicted octanol–water partition coefficient (Wildman–Crippen LogP) is 1.63. The van der Waals surface area contributed by atoms with Gasteiger partial charge in [-0.15, -0.1) is 0 Å². The van der Waals surface area contributed by atoms with Crippen LogP contribution in [0.3, 0.4) is 0 Å². The number of hydrogen-bond acceptors (Lipinski definition) is 4. The van der Waals surface area contributed by atoms with E-state index in [1.54, 1.807) is 12.1 Å². The molecular weight excluding hydrogens is 246 g/mol. The van der Waals surface area contributed by atoms with E-state index in [1.165, 1.54) is 6.26 Å². The summed E-state index contributed by atoms with van der Waals surface area (Å²) in [5.74, 6) is 0.407. The van der Waals surface area contributed by atoms with Gasteiger partial charge in [0.15, 0.2) is 0 Å². The highest BCUT2D eigenvalue weighted by Crippen LogP contribution is 2.24. The molecule has 5 nitrogen and oxygen atoms in total. The van der Waals surface area contributed by atoms with Crippen LogP contribution in [0.5, 0.6) is 0 Å². The summed E-state index contributed by atoms with van der Waals surface area (Å²) in [7, 11) is 0. The van der Waals surface area contributed by atoms with Gasteiger partial charge >= 0.3 is 0 Å². The summed E-state index contributed by atoms with van der Waals surface area (Å²) in [5.41, 5.74) is 0. The van der Waals surface area contributed by atoms with Crippen molar-refractivity contribution in [3.63, 3.8) is 0 Å². The Morgan fingerprint density at radius 3 is 2.74 bits per heavy atom. The smallest absolute Gasteiger partial charge is 0.223 e. The van der Waals surface area contributed by atoms with Crippen molar-refractivity contribution in [3.05, 3.63) is 24.2 Å². The fraction of sp³-hybridized carbons (Fsp3) is 0.643. The highest BCUT2D eigenvalue weighted by molar-refractivity contribution is 5.78. The van der Waals surface area contributed by atoms with Gasteiger partial charge in [-0.2, -0.15) is 0 Å². The first-order valence-corrected chi connectivity index (χ1v) is 6.71. The molecule has 1 aromatic heterocycles. The molecule has 3 atom stereocenters. The largest absolute Gasteiger partial charge is 0.467 e. The molecule has 1 fully saturated rings. The van der Waals surface area contributed by atoms with Gasteiger partial charge in [-0.3, -0.25) is 4.79 Å². The van der Waals surface area contributed by atoms with Gasteiger partial charge in [-0.05, 0) is 38.8 Å². The fourth-order valence-electron chi connectivity index (χ4n) is 2.54. The number of amides is 1. The maximum Gasteiger partial charge on any atom is 0.223 e. The van der Waals surface area contributed by atoms with Gasteiger partial charge in [0.25, 0.3) is 0 Å². The zero-order valence-electron chi connectivity index (χ0n) is 11.3. The van der Waals surface area contributed by atoms with Crippen molar-refractivity contribution >= 4 is 5.91 Å². The quantitative estimate of drug-likeness (QED) is 0.869. The Morgan fingerprint density at radius 2 is 2.16 bits per heavy atom. The van der Waals surface area contributed by atoms with E-state index in [4.69, 9.17) is 9.15 Å². The second-order valence-corrected chi connectivity index (χ2v) is 5.20. The van der Waals surface area contributed by atoms with Crippen LogP contribution >= 0.6 is 0 Å². The minimum atomic E-state index is -0.798. The highest BCUT2D eigenvalue weighted by Gasteiger charge is 2.29. The van der Waals surface area contributed by atoms with Crippen LogP contribution in [0.2, 0.25) is 0 Å². The predicted molar refractivity (Wildman–Crippen MR) is 69.4 cm³/mol. The van der Waals surface area contributed by atoms with Crippen LogP contribution in [0.1, 0.15) is 38.6 Å². The van der Waals surface area contributed by atoms with E-state index < -0.39 is 6.10 Å². The molecule has 1 aliphatic rings. The van der Waals surface area contributed by atoms with Crippen molar-refractivity contribution in [1.29, 1.82) is 0 Å². The summed E-state index contributed by atoms with van der Waals surface area (Å²) in [5, 5.41) is 12.6.